The SMILES string of the molecule is CCCOc1ccc(C(=CC(=O)N2CCN(C(=O)c3cc(OC)c(OC)c(OC)c3)CC2)c2ccccc2)cc1OC. The van der Waals surface area contributed by atoms with Crippen LogP contribution in [0.2, 0.25) is 0 Å². The van der Waals surface area contributed by atoms with E-state index in [0.29, 0.717) is 67.1 Å². The lowest BCUT2D eigenvalue weighted by atomic mass is 9.96. The maximum Gasteiger partial charge on any atom is 0.254 e. The second-order valence-electron chi connectivity index (χ2n) is 9.67. The zero-order chi connectivity index (χ0) is 30.1. The molecule has 3 aromatic rings. The number of rotatable bonds is 11. The first-order valence-electron chi connectivity index (χ1n) is 13.9. The number of nitrogens with zero attached hydrogens (tertiary/aromatic N) is 2. The van der Waals surface area contributed by atoms with Gasteiger partial charge in [0.1, 0.15) is 0 Å². The quantitative estimate of drug-likeness (QED) is 0.300. The zero-order valence-corrected chi connectivity index (χ0v) is 24.8. The van der Waals surface area contributed by atoms with Gasteiger partial charge in [-0.15, -0.1) is 0 Å². The van der Waals surface area contributed by atoms with Gasteiger partial charge in [0.25, 0.3) is 5.91 Å². The number of hydrogen-bond acceptors (Lipinski definition) is 7. The molecule has 0 spiro atoms. The minimum Gasteiger partial charge on any atom is -0.493 e. The van der Waals surface area contributed by atoms with Crippen LogP contribution in [0.25, 0.3) is 5.57 Å². The molecule has 0 aromatic heterocycles. The number of hydrogen-bond donors (Lipinski definition) is 0. The molecule has 0 radical (unpaired) electrons. The number of carbonyl (C=O) groups excluding carboxylic acids is 2. The molecule has 9 heteroatoms. The van der Waals surface area contributed by atoms with Crippen LogP contribution in [0.15, 0.2) is 66.7 Å². The third-order valence-corrected chi connectivity index (χ3v) is 7.08. The van der Waals surface area contributed by atoms with E-state index in [-0.39, 0.29) is 11.8 Å². The summed E-state index contributed by atoms with van der Waals surface area (Å²) in [6, 6.07) is 18.8. The van der Waals surface area contributed by atoms with Crippen LogP contribution in [-0.4, -0.2) is 82.8 Å². The Hall–Kier alpha value is -4.66. The van der Waals surface area contributed by atoms with Gasteiger partial charge in [-0.2, -0.15) is 0 Å². The molecule has 4 rings (SSSR count). The molecule has 2 amide bonds. The molecule has 1 fully saturated rings. The summed E-state index contributed by atoms with van der Waals surface area (Å²) < 4.78 is 27.6. The number of carbonyl (C=O) groups is 2. The number of amides is 2. The van der Waals surface area contributed by atoms with Crippen LogP contribution in [0.5, 0.6) is 28.7 Å². The van der Waals surface area contributed by atoms with Gasteiger partial charge in [0, 0.05) is 37.8 Å². The highest BCUT2D eigenvalue weighted by Gasteiger charge is 2.26. The molecule has 42 heavy (non-hydrogen) atoms. The molecule has 9 nitrogen and oxygen atoms in total. The van der Waals surface area contributed by atoms with E-state index in [1.165, 1.54) is 21.3 Å². The van der Waals surface area contributed by atoms with Crippen molar-refractivity contribution in [3.63, 3.8) is 0 Å². The van der Waals surface area contributed by atoms with E-state index in [2.05, 4.69) is 0 Å². The molecule has 0 atom stereocenters. The first-order valence-corrected chi connectivity index (χ1v) is 13.9. The molecule has 0 N–H and O–H groups in total. The summed E-state index contributed by atoms with van der Waals surface area (Å²) in [5, 5.41) is 0. The van der Waals surface area contributed by atoms with Gasteiger partial charge in [0.15, 0.2) is 23.0 Å². The molecule has 1 aliphatic heterocycles. The van der Waals surface area contributed by atoms with Crippen molar-refractivity contribution in [2.24, 2.45) is 0 Å². The smallest absolute Gasteiger partial charge is 0.254 e. The Bertz CT molecular complexity index is 1390. The van der Waals surface area contributed by atoms with Gasteiger partial charge in [-0.1, -0.05) is 43.3 Å². The second-order valence-corrected chi connectivity index (χ2v) is 9.67. The summed E-state index contributed by atoms with van der Waals surface area (Å²) in [6.45, 7) is 4.23. The van der Waals surface area contributed by atoms with E-state index in [0.717, 1.165) is 23.1 Å². The van der Waals surface area contributed by atoms with Crippen molar-refractivity contribution in [3.8, 4) is 28.7 Å². The lowest BCUT2D eigenvalue weighted by Gasteiger charge is -2.34. The monoisotopic (exact) mass is 574 g/mol. The van der Waals surface area contributed by atoms with E-state index in [1.807, 2.05) is 55.5 Å². The van der Waals surface area contributed by atoms with Crippen molar-refractivity contribution in [1.82, 2.24) is 9.80 Å². The van der Waals surface area contributed by atoms with Crippen LogP contribution in [0.3, 0.4) is 0 Å². The Morgan fingerprint density at radius 3 is 1.86 bits per heavy atom. The molecule has 1 heterocycles. The van der Waals surface area contributed by atoms with Gasteiger partial charge in [0.05, 0.1) is 35.0 Å². The van der Waals surface area contributed by atoms with E-state index >= 15 is 0 Å². The van der Waals surface area contributed by atoms with Gasteiger partial charge in [-0.25, -0.2) is 0 Å². The molecular weight excluding hydrogens is 536 g/mol. The summed E-state index contributed by atoms with van der Waals surface area (Å²) in [6.07, 6.45) is 2.54. The van der Waals surface area contributed by atoms with Gasteiger partial charge in [0.2, 0.25) is 11.7 Å². The van der Waals surface area contributed by atoms with Gasteiger partial charge < -0.3 is 33.5 Å². The molecule has 0 aliphatic carbocycles. The van der Waals surface area contributed by atoms with Crippen LogP contribution in [0.4, 0.5) is 0 Å². The summed E-state index contributed by atoms with van der Waals surface area (Å²) in [4.78, 5) is 30.4. The normalized spacial score (nSPS) is 13.4. The average molecular weight is 575 g/mol. The fourth-order valence-electron chi connectivity index (χ4n) is 4.85. The van der Waals surface area contributed by atoms with Gasteiger partial charge in [-0.3, -0.25) is 9.59 Å². The Morgan fingerprint density at radius 2 is 1.29 bits per heavy atom. The van der Waals surface area contributed by atoms with Gasteiger partial charge in [-0.05, 0) is 47.4 Å². The minimum absolute atomic E-state index is 0.126. The summed E-state index contributed by atoms with van der Waals surface area (Å²) >= 11 is 0. The molecule has 0 bridgehead atoms. The van der Waals surface area contributed by atoms with Crippen LogP contribution < -0.4 is 23.7 Å². The van der Waals surface area contributed by atoms with Crippen molar-refractivity contribution in [2.45, 2.75) is 13.3 Å². The lowest BCUT2D eigenvalue weighted by molar-refractivity contribution is -0.127. The van der Waals surface area contributed by atoms with E-state index < -0.39 is 0 Å². The first-order chi connectivity index (χ1) is 20.4. The Kier molecular flexibility index (Phi) is 10.3. The van der Waals surface area contributed by atoms with Crippen LogP contribution in [-0.2, 0) is 4.79 Å². The Balaban J connectivity index is 1.53. The summed E-state index contributed by atoms with van der Waals surface area (Å²) in [5.74, 6) is 2.22. The first kappa shape index (κ1) is 30.3. The Labute approximate surface area is 247 Å². The lowest BCUT2D eigenvalue weighted by Crippen LogP contribution is -2.50. The van der Waals surface area contributed by atoms with Crippen molar-refractivity contribution >= 4 is 17.4 Å². The molecule has 222 valence electrons. The van der Waals surface area contributed by atoms with E-state index in [1.54, 1.807) is 35.1 Å². The highest BCUT2D eigenvalue weighted by molar-refractivity contribution is 6.00. The van der Waals surface area contributed by atoms with E-state index in [4.69, 9.17) is 23.7 Å². The van der Waals surface area contributed by atoms with Crippen molar-refractivity contribution in [3.05, 3.63) is 83.4 Å². The van der Waals surface area contributed by atoms with Crippen LogP contribution >= 0.6 is 0 Å². The zero-order valence-electron chi connectivity index (χ0n) is 24.8. The number of benzene rings is 3. The van der Waals surface area contributed by atoms with E-state index in [9.17, 15) is 9.59 Å². The molecule has 0 saturated carbocycles. The third-order valence-electron chi connectivity index (χ3n) is 7.08. The van der Waals surface area contributed by atoms with Crippen LogP contribution in [0, 0.1) is 0 Å². The molecular formula is C33H38N2O7. The predicted octanol–water partition coefficient (Wildman–Crippen LogP) is 4.93. The fourth-order valence-corrected chi connectivity index (χ4v) is 4.85. The van der Waals surface area contributed by atoms with Crippen molar-refractivity contribution in [2.75, 3.05) is 61.2 Å². The van der Waals surface area contributed by atoms with Crippen LogP contribution in [0.1, 0.15) is 34.8 Å². The standard InChI is InChI=1S/C33H38N2O7/c1-6-18-42-27-13-12-24(19-28(27)38-2)26(23-10-8-7-9-11-23)22-31(36)34-14-16-35(17-15-34)33(37)25-20-29(39-3)32(41-5)30(21-25)40-4/h7-13,19-22H,6,14-18H2,1-5H3. The largest absolute Gasteiger partial charge is 0.493 e. The second kappa shape index (κ2) is 14.3. The maximum absolute atomic E-state index is 13.5. The maximum atomic E-state index is 13.5. The van der Waals surface area contributed by atoms with Crippen molar-refractivity contribution < 1.29 is 33.3 Å². The van der Waals surface area contributed by atoms with Gasteiger partial charge >= 0.3 is 0 Å². The highest BCUT2D eigenvalue weighted by Crippen LogP contribution is 2.38. The Morgan fingerprint density at radius 1 is 0.690 bits per heavy atom. The molecule has 3 aromatic carbocycles. The summed E-state index contributed by atoms with van der Waals surface area (Å²) in [5.41, 5.74) is 2.95. The molecule has 1 aliphatic rings. The van der Waals surface area contributed by atoms with Crippen molar-refractivity contribution in [1.29, 1.82) is 0 Å². The minimum atomic E-state index is -0.167. The fraction of sp³-hybridized carbons (Fsp3) is 0.333. The third kappa shape index (κ3) is 6.79. The average Bonchev–Trinajstić information content (AvgIpc) is 3.05. The summed E-state index contributed by atoms with van der Waals surface area (Å²) in [7, 11) is 6.15. The predicted molar refractivity (Wildman–Crippen MR) is 161 cm³/mol. The molecule has 1 saturated heterocycles. The highest BCUT2D eigenvalue weighted by atomic mass is 16.5. The number of methoxy groups -OCH3 is 4. The number of ether oxygens (including phenoxy) is 5. The number of piperazine rings is 1. The molecule has 0 unspecified atom stereocenters. The topological polar surface area (TPSA) is 86.8 Å².